The van der Waals surface area contributed by atoms with Gasteiger partial charge in [-0.25, -0.2) is 15.0 Å². The maximum absolute atomic E-state index is 4.69. The lowest BCUT2D eigenvalue weighted by atomic mass is 10.1. The lowest BCUT2D eigenvalue weighted by Gasteiger charge is -2.27. The summed E-state index contributed by atoms with van der Waals surface area (Å²) >= 11 is 0. The topological polar surface area (TPSA) is 46.3 Å². The summed E-state index contributed by atoms with van der Waals surface area (Å²) in [6.45, 7) is 4.89. The molecule has 5 heteroatoms. The molecule has 4 rings (SSSR count). The molecule has 0 aromatic carbocycles. The van der Waals surface area contributed by atoms with Crippen LogP contribution in [0.15, 0.2) is 36.8 Å². The highest BCUT2D eigenvalue weighted by molar-refractivity contribution is 5.39. The Morgan fingerprint density at radius 3 is 3.05 bits per heavy atom. The standard InChI is InChI=1S/C17H19N5/c1-2-16-18-9-13-6-8-21(12-15(13)20-16)10-14-11-22-7-4-3-5-17(22)19-14/h3-5,7,9,11H,2,6,8,10,12H2,1H3. The van der Waals surface area contributed by atoms with E-state index in [4.69, 9.17) is 0 Å². The molecule has 0 bridgehead atoms. The molecule has 3 aromatic heterocycles. The number of pyridine rings is 1. The SMILES string of the molecule is CCc1ncc2c(n1)CN(Cc1cn3ccccc3n1)CC2. The molecule has 4 heterocycles. The molecular weight excluding hydrogens is 274 g/mol. The van der Waals surface area contributed by atoms with E-state index in [0.717, 1.165) is 49.6 Å². The van der Waals surface area contributed by atoms with Crippen LogP contribution in [0.4, 0.5) is 0 Å². The smallest absolute Gasteiger partial charge is 0.137 e. The van der Waals surface area contributed by atoms with E-state index >= 15 is 0 Å². The number of aryl methyl sites for hydroxylation is 1. The average molecular weight is 293 g/mol. The second kappa shape index (κ2) is 5.50. The van der Waals surface area contributed by atoms with Crippen molar-refractivity contribution in [3.63, 3.8) is 0 Å². The van der Waals surface area contributed by atoms with Gasteiger partial charge in [0.15, 0.2) is 0 Å². The van der Waals surface area contributed by atoms with Crippen LogP contribution in [-0.4, -0.2) is 30.8 Å². The minimum atomic E-state index is 0.868. The quantitative estimate of drug-likeness (QED) is 0.743. The molecule has 112 valence electrons. The van der Waals surface area contributed by atoms with Gasteiger partial charge >= 0.3 is 0 Å². The number of hydrogen-bond donors (Lipinski definition) is 0. The fourth-order valence-corrected chi connectivity index (χ4v) is 3.00. The Labute approximate surface area is 129 Å². The van der Waals surface area contributed by atoms with Gasteiger partial charge in [-0.3, -0.25) is 4.90 Å². The predicted molar refractivity (Wildman–Crippen MR) is 84.4 cm³/mol. The van der Waals surface area contributed by atoms with Crippen LogP contribution >= 0.6 is 0 Å². The molecule has 0 unspecified atom stereocenters. The third-order valence-corrected chi connectivity index (χ3v) is 4.19. The number of fused-ring (bicyclic) bond motifs is 2. The first-order valence-corrected chi connectivity index (χ1v) is 7.80. The summed E-state index contributed by atoms with van der Waals surface area (Å²) in [7, 11) is 0. The van der Waals surface area contributed by atoms with Crippen molar-refractivity contribution in [2.75, 3.05) is 6.54 Å². The first-order valence-electron chi connectivity index (χ1n) is 7.80. The molecule has 22 heavy (non-hydrogen) atoms. The zero-order valence-corrected chi connectivity index (χ0v) is 12.7. The van der Waals surface area contributed by atoms with Crippen molar-refractivity contribution in [1.82, 2.24) is 24.3 Å². The highest BCUT2D eigenvalue weighted by Gasteiger charge is 2.19. The molecule has 1 aliphatic rings. The molecular formula is C17H19N5. The molecule has 0 atom stereocenters. The van der Waals surface area contributed by atoms with E-state index in [1.165, 1.54) is 11.3 Å². The van der Waals surface area contributed by atoms with Gasteiger partial charge in [0.25, 0.3) is 0 Å². The van der Waals surface area contributed by atoms with E-state index < -0.39 is 0 Å². The number of hydrogen-bond acceptors (Lipinski definition) is 4. The van der Waals surface area contributed by atoms with Crippen molar-refractivity contribution in [2.24, 2.45) is 0 Å². The van der Waals surface area contributed by atoms with Crippen molar-refractivity contribution < 1.29 is 0 Å². The molecule has 5 nitrogen and oxygen atoms in total. The summed E-state index contributed by atoms with van der Waals surface area (Å²) in [6.07, 6.45) is 8.07. The average Bonchev–Trinajstić information content (AvgIpc) is 2.96. The van der Waals surface area contributed by atoms with Gasteiger partial charge in [-0.1, -0.05) is 13.0 Å². The van der Waals surface area contributed by atoms with Gasteiger partial charge in [0.05, 0.1) is 11.4 Å². The second-order valence-electron chi connectivity index (χ2n) is 5.77. The molecule has 0 saturated carbocycles. The zero-order valence-electron chi connectivity index (χ0n) is 12.7. The molecule has 0 saturated heterocycles. The van der Waals surface area contributed by atoms with Gasteiger partial charge in [-0.05, 0) is 24.1 Å². The van der Waals surface area contributed by atoms with Crippen LogP contribution in [0, 0.1) is 0 Å². The maximum atomic E-state index is 4.69. The third kappa shape index (κ3) is 2.48. The van der Waals surface area contributed by atoms with Gasteiger partial charge in [0.1, 0.15) is 11.5 Å². The normalized spacial score (nSPS) is 15.1. The van der Waals surface area contributed by atoms with Crippen LogP contribution in [0.3, 0.4) is 0 Å². The van der Waals surface area contributed by atoms with Crippen molar-refractivity contribution in [2.45, 2.75) is 32.9 Å². The van der Waals surface area contributed by atoms with Crippen molar-refractivity contribution >= 4 is 5.65 Å². The lowest BCUT2D eigenvalue weighted by molar-refractivity contribution is 0.238. The molecule has 0 radical (unpaired) electrons. The summed E-state index contributed by atoms with van der Waals surface area (Å²) in [5.74, 6) is 0.938. The summed E-state index contributed by atoms with van der Waals surface area (Å²) in [6, 6.07) is 6.08. The van der Waals surface area contributed by atoms with E-state index in [1.54, 1.807) is 0 Å². The summed E-state index contributed by atoms with van der Waals surface area (Å²) in [4.78, 5) is 16.2. The fourth-order valence-electron chi connectivity index (χ4n) is 3.00. The number of imidazole rings is 1. The van der Waals surface area contributed by atoms with E-state index in [0.29, 0.717) is 0 Å². The van der Waals surface area contributed by atoms with Crippen LogP contribution < -0.4 is 0 Å². The molecule has 0 fully saturated rings. The lowest BCUT2D eigenvalue weighted by Crippen LogP contribution is -2.31. The summed E-state index contributed by atoms with van der Waals surface area (Å²) in [5.41, 5.74) is 4.59. The Morgan fingerprint density at radius 1 is 1.23 bits per heavy atom. The van der Waals surface area contributed by atoms with Crippen LogP contribution in [0.2, 0.25) is 0 Å². The highest BCUT2D eigenvalue weighted by Crippen LogP contribution is 2.18. The van der Waals surface area contributed by atoms with Gasteiger partial charge < -0.3 is 4.40 Å². The molecule has 3 aromatic rings. The van der Waals surface area contributed by atoms with Crippen LogP contribution in [0.25, 0.3) is 5.65 Å². The van der Waals surface area contributed by atoms with Crippen LogP contribution in [0.1, 0.15) is 29.7 Å². The van der Waals surface area contributed by atoms with Gasteiger partial charge in [-0.2, -0.15) is 0 Å². The Hall–Kier alpha value is -2.27. The van der Waals surface area contributed by atoms with Crippen LogP contribution in [-0.2, 0) is 25.9 Å². The molecule has 0 spiro atoms. The van der Waals surface area contributed by atoms with E-state index in [-0.39, 0.29) is 0 Å². The molecule has 0 aliphatic carbocycles. The minimum Gasteiger partial charge on any atom is -0.307 e. The van der Waals surface area contributed by atoms with Crippen molar-refractivity contribution in [3.05, 3.63) is 59.6 Å². The Morgan fingerprint density at radius 2 is 2.18 bits per heavy atom. The first kappa shape index (κ1) is 13.4. The van der Waals surface area contributed by atoms with Gasteiger partial charge in [-0.15, -0.1) is 0 Å². The van der Waals surface area contributed by atoms with Crippen LogP contribution in [0.5, 0.6) is 0 Å². The number of nitrogens with zero attached hydrogens (tertiary/aromatic N) is 5. The maximum Gasteiger partial charge on any atom is 0.137 e. The Bertz CT molecular complexity index is 775. The second-order valence-corrected chi connectivity index (χ2v) is 5.77. The van der Waals surface area contributed by atoms with E-state index in [2.05, 4.69) is 37.4 Å². The Kier molecular flexibility index (Phi) is 3.35. The number of rotatable bonds is 3. The predicted octanol–water partition coefficient (Wildman–Crippen LogP) is 2.25. The largest absolute Gasteiger partial charge is 0.307 e. The van der Waals surface area contributed by atoms with Crippen molar-refractivity contribution in [3.8, 4) is 0 Å². The summed E-state index contributed by atoms with van der Waals surface area (Å²) < 4.78 is 2.07. The van der Waals surface area contributed by atoms with Crippen molar-refractivity contribution in [1.29, 1.82) is 0 Å². The number of aromatic nitrogens is 4. The monoisotopic (exact) mass is 293 g/mol. The minimum absolute atomic E-state index is 0.868. The Balaban J connectivity index is 1.54. The fraction of sp³-hybridized carbons (Fsp3) is 0.353. The highest BCUT2D eigenvalue weighted by atomic mass is 15.2. The van der Waals surface area contributed by atoms with Gasteiger partial charge in [0, 0.05) is 44.6 Å². The third-order valence-electron chi connectivity index (χ3n) is 4.19. The molecule has 0 N–H and O–H groups in total. The van der Waals surface area contributed by atoms with E-state index in [9.17, 15) is 0 Å². The molecule has 0 amide bonds. The van der Waals surface area contributed by atoms with E-state index in [1.807, 2.05) is 30.6 Å². The summed E-state index contributed by atoms with van der Waals surface area (Å²) in [5, 5.41) is 0. The molecule has 1 aliphatic heterocycles. The van der Waals surface area contributed by atoms with Gasteiger partial charge in [0.2, 0.25) is 0 Å². The zero-order chi connectivity index (χ0) is 14.9. The first-order chi connectivity index (χ1) is 10.8.